The van der Waals surface area contributed by atoms with E-state index in [-0.39, 0.29) is 24.8 Å². The summed E-state index contributed by atoms with van der Waals surface area (Å²) in [6.45, 7) is -0.169. The molecule has 10 heteroatoms. The Morgan fingerprint density at radius 3 is 2.86 bits per heavy atom. The Labute approximate surface area is 167 Å². The number of nitriles is 1. The smallest absolute Gasteiger partial charge is 0.249 e. The van der Waals surface area contributed by atoms with Crippen LogP contribution in [0.1, 0.15) is 11.5 Å². The van der Waals surface area contributed by atoms with Crippen LogP contribution >= 0.6 is 0 Å². The Kier molecular flexibility index (Phi) is 3.65. The first-order valence-corrected chi connectivity index (χ1v) is 10.4. The second-order valence-corrected chi connectivity index (χ2v) is 9.18. The number of hydrogen-bond donors (Lipinski definition) is 0. The van der Waals surface area contributed by atoms with Gasteiger partial charge in [-0.2, -0.15) is 9.57 Å². The first-order chi connectivity index (χ1) is 13.9. The number of amides is 1. The summed E-state index contributed by atoms with van der Waals surface area (Å²) in [7, 11) is -2.37. The second kappa shape index (κ2) is 5.92. The molecule has 1 aromatic carbocycles. The van der Waals surface area contributed by atoms with Crippen molar-refractivity contribution in [3.05, 3.63) is 42.2 Å². The van der Waals surface area contributed by atoms with Gasteiger partial charge in [0.05, 0.1) is 11.0 Å². The number of sulfonamides is 1. The second-order valence-electron chi connectivity index (χ2n) is 7.25. The molecule has 5 rings (SSSR count). The molecule has 1 aromatic heterocycles. The number of aromatic nitrogens is 1. The molecule has 4 heterocycles. The topological polar surface area (TPSA) is 113 Å². The van der Waals surface area contributed by atoms with E-state index in [0.29, 0.717) is 22.7 Å². The highest BCUT2D eigenvalue weighted by atomic mass is 32.2. The van der Waals surface area contributed by atoms with Crippen LogP contribution in [0.2, 0.25) is 0 Å². The van der Waals surface area contributed by atoms with Crippen LogP contribution in [0.15, 0.2) is 41.6 Å². The lowest BCUT2D eigenvalue weighted by Crippen LogP contribution is -2.49. The normalized spacial score (nSPS) is 25.4. The van der Waals surface area contributed by atoms with Crippen molar-refractivity contribution in [3.8, 4) is 17.6 Å². The quantitative estimate of drug-likeness (QED) is 0.725. The number of nitrogens with zero attached hydrogens (tertiary/aromatic N) is 4. The minimum atomic E-state index is -3.95. The summed E-state index contributed by atoms with van der Waals surface area (Å²) < 4.78 is 38.4. The van der Waals surface area contributed by atoms with E-state index >= 15 is 0 Å². The fraction of sp³-hybridized carbons (Fsp3) is 0.316. The lowest BCUT2D eigenvalue weighted by atomic mass is 9.72. The Bertz CT molecular complexity index is 1190. The molecule has 1 amide bonds. The number of anilines is 1. The number of ether oxygens (including phenoxy) is 2. The molecule has 3 aliphatic rings. The van der Waals surface area contributed by atoms with Crippen LogP contribution in [0, 0.1) is 16.7 Å². The molecular weight excluding hydrogens is 396 g/mol. The average molecular weight is 412 g/mol. The summed E-state index contributed by atoms with van der Waals surface area (Å²) in [6, 6.07) is 8.20. The molecule has 0 saturated carbocycles. The van der Waals surface area contributed by atoms with Gasteiger partial charge in [-0.25, -0.2) is 8.42 Å². The van der Waals surface area contributed by atoms with E-state index in [0.717, 1.165) is 0 Å². The summed E-state index contributed by atoms with van der Waals surface area (Å²) in [4.78, 5) is 18.7. The number of fused-ring (bicyclic) bond motifs is 4. The van der Waals surface area contributed by atoms with Crippen LogP contribution in [0.5, 0.6) is 11.5 Å². The van der Waals surface area contributed by atoms with Gasteiger partial charge >= 0.3 is 0 Å². The van der Waals surface area contributed by atoms with E-state index in [1.54, 1.807) is 25.5 Å². The summed E-state index contributed by atoms with van der Waals surface area (Å²) >= 11 is 0. The average Bonchev–Trinajstić information content (AvgIpc) is 3.37. The molecule has 0 radical (unpaired) electrons. The van der Waals surface area contributed by atoms with Gasteiger partial charge in [-0.05, 0) is 18.2 Å². The molecule has 0 N–H and O–H groups in total. The highest BCUT2D eigenvalue weighted by molar-refractivity contribution is 7.89. The number of carbonyl (C=O) groups excluding carboxylic acids is 1. The zero-order valence-electron chi connectivity index (χ0n) is 15.4. The zero-order chi connectivity index (χ0) is 20.4. The molecule has 0 aliphatic carbocycles. The third-order valence-corrected chi connectivity index (χ3v) is 7.65. The largest absolute Gasteiger partial charge is 0.454 e. The Morgan fingerprint density at radius 2 is 2.07 bits per heavy atom. The standard InChI is InChI=1S/C19H16N4O5S/c1-22-15-4-5-21-7-13(15)14-8-23(10-19(14,9-20)18(22)24)29(25,26)12-2-3-16-17(6-12)28-11-27-16/h2-7,14H,8,10-11H2,1H3/t14-,19-/m1/s1. The van der Waals surface area contributed by atoms with Gasteiger partial charge in [0, 0.05) is 55.8 Å². The molecule has 0 unspecified atom stereocenters. The minimum Gasteiger partial charge on any atom is -0.454 e. The highest BCUT2D eigenvalue weighted by Gasteiger charge is 2.60. The van der Waals surface area contributed by atoms with Crippen molar-refractivity contribution in [2.24, 2.45) is 5.41 Å². The van der Waals surface area contributed by atoms with Gasteiger partial charge in [-0.15, -0.1) is 0 Å². The van der Waals surface area contributed by atoms with Crippen LogP contribution in [0.4, 0.5) is 5.69 Å². The van der Waals surface area contributed by atoms with E-state index in [9.17, 15) is 18.5 Å². The number of rotatable bonds is 2. The third kappa shape index (κ3) is 2.31. The van der Waals surface area contributed by atoms with Gasteiger partial charge in [-0.3, -0.25) is 9.78 Å². The molecule has 3 aliphatic heterocycles. The fourth-order valence-electron chi connectivity index (χ4n) is 4.31. The molecule has 2 aromatic rings. The van der Waals surface area contributed by atoms with Gasteiger partial charge in [0.15, 0.2) is 16.9 Å². The molecule has 148 valence electrons. The van der Waals surface area contributed by atoms with E-state index in [1.807, 2.05) is 0 Å². The molecule has 0 bridgehead atoms. The van der Waals surface area contributed by atoms with Gasteiger partial charge in [-0.1, -0.05) is 0 Å². The number of pyridine rings is 1. The summed E-state index contributed by atoms with van der Waals surface area (Å²) in [5.74, 6) is -0.178. The molecule has 2 atom stereocenters. The van der Waals surface area contributed by atoms with Crippen molar-refractivity contribution in [1.29, 1.82) is 5.26 Å². The van der Waals surface area contributed by atoms with Crippen molar-refractivity contribution < 1.29 is 22.7 Å². The summed E-state index contributed by atoms with van der Waals surface area (Å²) in [6.07, 6.45) is 3.17. The predicted molar refractivity (Wildman–Crippen MR) is 99.8 cm³/mol. The number of hydrogen-bond acceptors (Lipinski definition) is 7. The maximum absolute atomic E-state index is 13.3. The predicted octanol–water partition coefficient (Wildman–Crippen LogP) is 1.08. The number of benzene rings is 1. The van der Waals surface area contributed by atoms with Crippen LogP contribution in [-0.4, -0.2) is 50.5 Å². The first-order valence-electron chi connectivity index (χ1n) is 8.91. The SMILES string of the molecule is CN1C(=O)[C@]2(C#N)CN(S(=O)(=O)c3ccc4c(c3)OCO4)C[C@@H]2c2cnccc21. The molecule has 1 saturated heterocycles. The van der Waals surface area contributed by atoms with Crippen LogP contribution in [0.3, 0.4) is 0 Å². The van der Waals surface area contributed by atoms with E-state index in [4.69, 9.17) is 9.47 Å². The van der Waals surface area contributed by atoms with Crippen molar-refractivity contribution >= 4 is 21.6 Å². The minimum absolute atomic E-state index is 0.0165. The third-order valence-electron chi connectivity index (χ3n) is 5.84. The molecular formula is C19H16N4O5S. The van der Waals surface area contributed by atoms with E-state index < -0.39 is 27.3 Å². The molecule has 0 spiro atoms. The van der Waals surface area contributed by atoms with Gasteiger partial charge < -0.3 is 14.4 Å². The lowest BCUT2D eigenvalue weighted by molar-refractivity contribution is -0.125. The highest BCUT2D eigenvalue weighted by Crippen LogP contribution is 2.51. The Hall–Kier alpha value is -3.16. The van der Waals surface area contributed by atoms with Crippen molar-refractivity contribution in [1.82, 2.24) is 9.29 Å². The zero-order valence-corrected chi connectivity index (χ0v) is 16.2. The van der Waals surface area contributed by atoms with Gasteiger partial charge in [0.25, 0.3) is 0 Å². The van der Waals surface area contributed by atoms with E-state index in [1.165, 1.54) is 27.4 Å². The lowest BCUT2D eigenvalue weighted by Gasteiger charge is -2.37. The maximum atomic E-state index is 13.3. The summed E-state index contributed by atoms with van der Waals surface area (Å²) in [5, 5.41) is 9.97. The van der Waals surface area contributed by atoms with Gasteiger partial charge in [0.1, 0.15) is 0 Å². The first kappa shape index (κ1) is 17.9. The van der Waals surface area contributed by atoms with Crippen LogP contribution in [-0.2, 0) is 14.8 Å². The number of carbonyl (C=O) groups is 1. The van der Waals surface area contributed by atoms with Crippen molar-refractivity contribution in [2.75, 3.05) is 31.8 Å². The van der Waals surface area contributed by atoms with Crippen molar-refractivity contribution in [2.45, 2.75) is 10.8 Å². The fourth-order valence-corrected chi connectivity index (χ4v) is 5.82. The maximum Gasteiger partial charge on any atom is 0.249 e. The Balaban J connectivity index is 1.59. The molecule has 1 fully saturated rings. The van der Waals surface area contributed by atoms with Gasteiger partial charge in [0.2, 0.25) is 22.7 Å². The molecule has 9 nitrogen and oxygen atoms in total. The van der Waals surface area contributed by atoms with Crippen LogP contribution < -0.4 is 14.4 Å². The summed E-state index contributed by atoms with van der Waals surface area (Å²) in [5.41, 5.74) is -0.156. The monoisotopic (exact) mass is 412 g/mol. The van der Waals surface area contributed by atoms with E-state index in [2.05, 4.69) is 11.1 Å². The molecule has 29 heavy (non-hydrogen) atoms. The van der Waals surface area contributed by atoms with Crippen LogP contribution in [0.25, 0.3) is 0 Å². The Morgan fingerprint density at radius 1 is 1.28 bits per heavy atom. The van der Waals surface area contributed by atoms with Crippen molar-refractivity contribution in [3.63, 3.8) is 0 Å².